The molecule has 6 nitrogen and oxygen atoms in total. The Balaban J connectivity index is 1.50. The third kappa shape index (κ3) is 5.62. The lowest BCUT2D eigenvalue weighted by Crippen LogP contribution is -2.43. The zero-order valence-corrected chi connectivity index (χ0v) is 18.2. The van der Waals surface area contributed by atoms with Crippen LogP contribution in [0.15, 0.2) is 66.9 Å². The molecule has 8 heteroatoms. The molecule has 1 unspecified atom stereocenters. The van der Waals surface area contributed by atoms with Crippen molar-refractivity contribution in [2.75, 3.05) is 38.2 Å². The molecule has 2 N–H and O–H groups in total. The Bertz CT molecular complexity index is 1060. The number of amides is 1. The van der Waals surface area contributed by atoms with Gasteiger partial charge in [-0.3, -0.25) is 9.69 Å². The first-order chi connectivity index (χ1) is 15.6. The molecule has 0 aliphatic carbocycles. The summed E-state index contributed by atoms with van der Waals surface area (Å²) in [5.74, 6) is -0.262. The minimum Gasteiger partial charge on any atom is -0.379 e. The number of anilines is 2. The van der Waals surface area contributed by atoms with Gasteiger partial charge in [0.05, 0.1) is 24.8 Å². The molecule has 2 aromatic carbocycles. The van der Waals surface area contributed by atoms with E-state index in [-0.39, 0.29) is 17.8 Å². The fourth-order valence-corrected chi connectivity index (χ4v) is 3.83. The van der Waals surface area contributed by atoms with Crippen molar-refractivity contribution in [2.45, 2.75) is 6.04 Å². The van der Waals surface area contributed by atoms with Gasteiger partial charge in [0.1, 0.15) is 11.6 Å². The van der Waals surface area contributed by atoms with E-state index in [9.17, 15) is 9.18 Å². The zero-order valence-electron chi connectivity index (χ0n) is 17.4. The molecule has 1 atom stereocenters. The number of carbonyl (C=O) groups is 1. The normalized spacial score (nSPS) is 15.2. The quantitative estimate of drug-likeness (QED) is 0.553. The van der Waals surface area contributed by atoms with Crippen molar-refractivity contribution >= 4 is 29.0 Å². The van der Waals surface area contributed by atoms with Gasteiger partial charge in [0.15, 0.2) is 0 Å². The molecule has 1 saturated heterocycles. The first-order valence-electron chi connectivity index (χ1n) is 10.4. The van der Waals surface area contributed by atoms with E-state index in [1.165, 1.54) is 12.1 Å². The molecule has 0 bridgehead atoms. The maximum absolute atomic E-state index is 13.5. The second kappa shape index (κ2) is 10.5. The van der Waals surface area contributed by atoms with E-state index in [0.717, 1.165) is 18.7 Å². The van der Waals surface area contributed by atoms with Crippen LogP contribution in [0.5, 0.6) is 0 Å². The highest BCUT2D eigenvalue weighted by atomic mass is 35.5. The SMILES string of the molecule is O=C(NCC(c1ccc(Cl)cc1)N1CCOCC1)c1cccnc1Nc1cccc(F)c1. The molecular formula is C24H24ClFN4O2. The van der Waals surface area contributed by atoms with Gasteiger partial charge in [-0.1, -0.05) is 29.8 Å². The molecule has 166 valence electrons. The Hall–Kier alpha value is -3.00. The Morgan fingerprint density at radius 3 is 2.66 bits per heavy atom. The molecule has 1 fully saturated rings. The van der Waals surface area contributed by atoms with E-state index in [2.05, 4.69) is 20.5 Å². The Morgan fingerprint density at radius 1 is 1.12 bits per heavy atom. The molecule has 2 heterocycles. The summed E-state index contributed by atoms with van der Waals surface area (Å²) in [5.41, 5.74) is 1.97. The Kier molecular flexibility index (Phi) is 7.32. The highest BCUT2D eigenvalue weighted by Crippen LogP contribution is 2.24. The molecule has 0 spiro atoms. The molecule has 0 saturated carbocycles. The molecule has 1 amide bonds. The average molecular weight is 455 g/mol. The van der Waals surface area contributed by atoms with Crippen LogP contribution in [-0.2, 0) is 4.74 Å². The van der Waals surface area contributed by atoms with Gasteiger partial charge in [0.25, 0.3) is 5.91 Å². The van der Waals surface area contributed by atoms with Crippen LogP contribution in [0.25, 0.3) is 0 Å². The average Bonchev–Trinajstić information content (AvgIpc) is 2.81. The molecular weight excluding hydrogens is 431 g/mol. The maximum Gasteiger partial charge on any atom is 0.255 e. The van der Waals surface area contributed by atoms with Crippen LogP contribution >= 0.6 is 11.6 Å². The van der Waals surface area contributed by atoms with E-state index in [1.807, 2.05) is 24.3 Å². The monoisotopic (exact) mass is 454 g/mol. The number of halogens is 2. The van der Waals surface area contributed by atoms with E-state index in [0.29, 0.717) is 41.8 Å². The topological polar surface area (TPSA) is 66.5 Å². The molecule has 0 radical (unpaired) electrons. The highest BCUT2D eigenvalue weighted by Gasteiger charge is 2.24. The summed E-state index contributed by atoms with van der Waals surface area (Å²) in [7, 11) is 0. The van der Waals surface area contributed by atoms with Gasteiger partial charge < -0.3 is 15.4 Å². The number of ether oxygens (including phenoxy) is 1. The number of pyridine rings is 1. The van der Waals surface area contributed by atoms with E-state index < -0.39 is 0 Å². The number of morpholine rings is 1. The van der Waals surface area contributed by atoms with Gasteiger partial charge in [-0.2, -0.15) is 0 Å². The molecule has 3 aromatic rings. The van der Waals surface area contributed by atoms with Gasteiger partial charge in [0, 0.05) is 36.5 Å². The summed E-state index contributed by atoms with van der Waals surface area (Å²) in [5, 5.41) is 6.74. The third-order valence-electron chi connectivity index (χ3n) is 5.34. The van der Waals surface area contributed by atoms with Crippen LogP contribution < -0.4 is 10.6 Å². The first-order valence-corrected chi connectivity index (χ1v) is 10.8. The van der Waals surface area contributed by atoms with Gasteiger partial charge in [-0.05, 0) is 48.0 Å². The Labute approximate surface area is 191 Å². The van der Waals surface area contributed by atoms with Crippen molar-refractivity contribution in [3.05, 3.63) is 88.8 Å². The molecule has 1 aliphatic heterocycles. The van der Waals surface area contributed by atoms with Crippen molar-refractivity contribution in [1.29, 1.82) is 0 Å². The fraction of sp³-hybridized carbons (Fsp3) is 0.250. The number of rotatable bonds is 7. The number of hydrogen-bond donors (Lipinski definition) is 2. The van der Waals surface area contributed by atoms with Crippen molar-refractivity contribution in [1.82, 2.24) is 15.2 Å². The lowest BCUT2D eigenvalue weighted by atomic mass is 10.0. The summed E-state index contributed by atoms with van der Waals surface area (Å²) in [4.78, 5) is 19.6. The predicted octanol–water partition coefficient (Wildman–Crippen LogP) is 4.42. The van der Waals surface area contributed by atoms with Crippen molar-refractivity contribution < 1.29 is 13.9 Å². The van der Waals surface area contributed by atoms with E-state index in [4.69, 9.17) is 16.3 Å². The molecule has 1 aromatic heterocycles. The number of carbonyl (C=O) groups excluding carboxylic acids is 1. The molecule has 4 rings (SSSR count). The zero-order chi connectivity index (χ0) is 22.3. The van der Waals surface area contributed by atoms with Crippen LogP contribution in [0.2, 0.25) is 5.02 Å². The van der Waals surface area contributed by atoms with Crippen molar-refractivity contribution in [2.24, 2.45) is 0 Å². The van der Waals surface area contributed by atoms with E-state index in [1.54, 1.807) is 30.5 Å². The Morgan fingerprint density at radius 2 is 1.91 bits per heavy atom. The van der Waals surface area contributed by atoms with Crippen LogP contribution in [0, 0.1) is 5.82 Å². The summed E-state index contributed by atoms with van der Waals surface area (Å²) in [6.07, 6.45) is 1.59. The van der Waals surface area contributed by atoms with Crippen LogP contribution in [0.3, 0.4) is 0 Å². The number of nitrogens with zero attached hydrogens (tertiary/aromatic N) is 2. The highest BCUT2D eigenvalue weighted by molar-refractivity contribution is 6.30. The largest absolute Gasteiger partial charge is 0.379 e. The van der Waals surface area contributed by atoms with Gasteiger partial charge in [0.2, 0.25) is 0 Å². The summed E-state index contributed by atoms with van der Waals surface area (Å²) in [6, 6.07) is 17.1. The second-order valence-electron chi connectivity index (χ2n) is 7.46. The first kappa shape index (κ1) is 22.2. The smallest absolute Gasteiger partial charge is 0.255 e. The van der Waals surface area contributed by atoms with Crippen LogP contribution in [-0.4, -0.2) is 48.6 Å². The second-order valence-corrected chi connectivity index (χ2v) is 7.90. The number of nitrogens with one attached hydrogen (secondary N) is 2. The van der Waals surface area contributed by atoms with Crippen molar-refractivity contribution in [3.8, 4) is 0 Å². The number of hydrogen-bond acceptors (Lipinski definition) is 5. The number of aromatic nitrogens is 1. The minimum absolute atomic E-state index is 0.0172. The van der Waals surface area contributed by atoms with Crippen LogP contribution in [0.1, 0.15) is 22.0 Å². The third-order valence-corrected chi connectivity index (χ3v) is 5.59. The summed E-state index contributed by atoms with van der Waals surface area (Å²) < 4.78 is 19.0. The van der Waals surface area contributed by atoms with E-state index >= 15 is 0 Å². The van der Waals surface area contributed by atoms with Gasteiger partial charge in [-0.15, -0.1) is 0 Å². The standard InChI is InChI=1S/C24H24ClFN4O2/c25-18-8-6-17(7-9-18)22(30-11-13-32-14-12-30)16-28-24(31)21-5-2-10-27-23(21)29-20-4-1-3-19(26)15-20/h1-10,15,22H,11-14,16H2,(H,27,29)(H,28,31). The predicted molar refractivity (Wildman–Crippen MR) is 123 cm³/mol. The minimum atomic E-state index is -0.367. The van der Waals surface area contributed by atoms with Crippen molar-refractivity contribution in [3.63, 3.8) is 0 Å². The number of benzene rings is 2. The lowest BCUT2D eigenvalue weighted by molar-refractivity contribution is 0.0162. The molecule has 1 aliphatic rings. The summed E-state index contributed by atoms with van der Waals surface area (Å²) in [6.45, 7) is 3.28. The van der Waals surface area contributed by atoms with Gasteiger partial charge >= 0.3 is 0 Å². The van der Waals surface area contributed by atoms with Crippen LogP contribution in [0.4, 0.5) is 15.9 Å². The lowest BCUT2D eigenvalue weighted by Gasteiger charge is -2.35. The maximum atomic E-state index is 13.5. The fourth-order valence-electron chi connectivity index (χ4n) is 3.71. The summed E-state index contributed by atoms with van der Waals surface area (Å²) >= 11 is 6.06. The van der Waals surface area contributed by atoms with Gasteiger partial charge in [-0.25, -0.2) is 9.37 Å². The molecule has 32 heavy (non-hydrogen) atoms.